The maximum atomic E-state index is 12.7. The van der Waals surface area contributed by atoms with Gasteiger partial charge in [-0.1, -0.05) is 12.1 Å². The first-order valence-electron chi connectivity index (χ1n) is 5.04. The van der Waals surface area contributed by atoms with E-state index in [4.69, 9.17) is 0 Å². The molecule has 0 atom stereocenters. The van der Waals surface area contributed by atoms with E-state index < -0.39 is 0 Å². The molecule has 0 saturated heterocycles. The van der Waals surface area contributed by atoms with Crippen molar-refractivity contribution in [3.63, 3.8) is 0 Å². The molecule has 0 N–H and O–H groups in total. The van der Waals surface area contributed by atoms with E-state index in [0.717, 1.165) is 12.1 Å². The third-order valence-electron chi connectivity index (χ3n) is 2.67. The van der Waals surface area contributed by atoms with Gasteiger partial charge < -0.3 is 4.57 Å². The van der Waals surface area contributed by atoms with E-state index in [9.17, 15) is 4.39 Å². The number of nitrogens with zero attached hydrogens (tertiary/aromatic N) is 1. The minimum atomic E-state index is -0.181. The molecular formula is C13H14FN. The monoisotopic (exact) mass is 203 g/mol. The third kappa shape index (κ3) is 2.09. The molecule has 2 heteroatoms. The van der Waals surface area contributed by atoms with Crippen molar-refractivity contribution in [3.8, 4) is 0 Å². The van der Waals surface area contributed by atoms with Crippen molar-refractivity contribution in [2.24, 2.45) is 0 Å². The SMILES string of the molecule is Cc1ccc(C)n1Cc1ccc(F)cc1. The molecule has 0 saturated carbocycles. The summed E-state index contributed by atoms with van der Waals surface area (Å²) < 4.78 is 14.9. The van der Waals surface area contributed by atoms with Crippen molar-refractivity contribution < 1.29 is 4.39 Å². The molecule has 1 heterocycles. The second kappa shape index (κ2) is 3.89. The summed E-state index contributed by atoms with van der Waals surface area (Å²) in [5.74, 6) is -0.181. The molecule has 1 nitrogen and oxygen atoms in total. The Bertz CT molecular complexity index is 434. The number of benzene rings is 1. The minimum Gasteiger partial charge on any atom is -0.345 e. The summed E-state index contributed by atoms with van der Waals surface area (Å²) in [7, 11) is 0. The largest absolute Gasteiger partial charge is 0.345 e. The van der Waals surface area contributed by atoms with Crippen LogP contribution < -0.4 is 0 Å². The fourth-order valence-corrected chi connectivity index (χ4v) is 1.72. The number of hydrogen-bond donors (Lipinski definition) is 0. The molecule has 0 spiro atoms. The van der Waals surface area contributed by atoms with Crippen LogP contribution in [0.15, 0.2) is 36.4 Å². The van der Waals surface area contributed by atoms with Crippen molar-refractivity contribution in [3.05, 3.63) is 59.2 Å². The average Bonchev–Trinajstić information content (AvgIpc) is 2.53. The van der Waals surface area contributed by atoms with Gasteiger partial charge in [0.2, 0.25) is 0 Å². The van der Waals surface area contributed by atoms with E-state index in [0.29, 0.717) is 0 Å². The van der Waals surface area contributed by atoms with Crippen LogP contribution in [0.3, 0.4) is 0 Å². The highest BCUT2D eigenvalue weighted by Gasteiger charge is 2.01. The molecule has 0 fully saturated rings. The normalized spacial score (nSPS) is 10.6. The molecule has 1 aromatic heterocycles. The molecule has 0 aliphatic carbocycles. The van der Waals surface area contributed by atoms with E-state index in [2.05, 4.69) is 30.5 Å². The predicted molar refractivity (Wildman–Crippen MR) is 59.4 cm³/mol. The van der Waals surface area contributed by atoms with Crippen LogP contribution in [0, 0.1) is 19.7 Å². The number of aryl methyl sites for hydroxylation is 2. The number of rotatable bonds is 2. The van der Waals surface area contributed by atoms with Crippen LogP contribution >= 0.6 is 0 Å². The lowest BCUT2D eigenvalue weighted by Crippen LogP contribution is -2.03. The predicted octanol–water partition coefficient (Wildman–Crippen LogP) is 3.29. The lowest BCUT2D eigenvalue weighted by atomic mass is 10.2. The van der Waals surface area contributed by atoms with Gasteiger partial charge in [-0.15, -0.1) is 0 Å². The second-order valence-electron chi connectivity index (χ2n) is 3.83. The Morgan fingerprint density at radius 1 is 0.933 bits per heavy atom. The molecule has 2 aromatic rings. The first-order valence-corrected chi connectivity index (χ1v) is 5.04. The molecule has 0 aliphatic heterocycles. The quantitative estimate of drug-likeness (QED) is 0.705. The highest BCUT2D eigenvalue weighted by Crippen LogP contribution is 2.11. The van der Waals surface area contributed by atoms with Gasteiger partial charge in [-0.2, -0.15) is 0 Å². The van der Waals surface area contributed by atoms with Crippen molar-refractivity contribution in [2.75, 3.05) is 0 Å². The van der Waals surface area contributed by atoms with Gasteiger partial charge in [-0.05, 0) is 43.7 Å². The highest BCUT2D eigenvalue weighted by molar-refractivity contribution is 5.20. The summed E-state index contributed by atoms with van der Waals surface area (Å²) in [6.45, 7) is 4.97. The molecule has 0 amide bonds. The maximum absolute atomic E-state index is 12.7. The minimum absolute atomic E-state index is 0.181. The van der Waals surface area contributed by atoms with Gasteiger partial charge in [0.15, 0.2) is 0 Å². The summed E-state index contributed by atoms with van der Waals surface area (Å²) in [6.07, 6.45) is 0. The Hall–Kier alpha value is -1.57. The average molecular weight is 203 g/mol. The third-order valence-corrected chi connectivity index (χ3v) is 2.67. The smallest absolute Gasteiger partial charge is 0.123 e. The Balaban J connectivity index is 2.25. The Morgan fingerprint density at radius 2 is 1.47 bits per heavy atom. The maximum Gasteiger partial charge on any atom is 0.123 e. The van der Waals surface area contributed by atoms with E-state index in [1.807, 2.05) is 12.1 Å². The van der Waals surface area contributed by atoms with Crippen LogP contribution in [0.25, 0.3) is 0 Å². The van der Waals surface area contributed by atoms with Crippen LogP contribution in [0.4, 0.5) is 4.39 Å². The summed E-state index contributed by atoms with van der Waals surface area (Å²) in [5, 5.41) is 0. The Kier molecular flexibility index (Phi) is 2.58. The lowest BCUT2D eigenvalue weighted by molar-refractivity contribution is 0.626. The first kappa shape index (κ1) is 9.97. The van der Waals surface area contributed by atoms with Gasteiger partial charge >= 0.3 is 0 Å². The molecule has 1 aromatic carbocycles. The highest BCUT2D eigenvalue weighted by atomic mass is 19.1. The molecule has 0 bridgehead atoms. The van der Waals surface area contributed by atoms with Crippen molar-refractivity contribution in [2.45, 2.75) is 20.4 Å². The van der Waals surface area contributed by atoms with Gasteiger partial charge in [-0.3, -0.25) is 0 Å². The lowest BCUT2D eigenvalue weighted by Gasteiger charge is -2.09. The van der Waals surface area contributed by atoms with E-state index in [1.54, 1.807) is 0 Å². The molecule has 2 rings (SSSR count). The molecule has 15 heavy (non-hydrogen) atoms. The van der Waals surface area contributed by atoms with Crippen LogP contribution in [-0.4, -0.2) is 4.57 Å². The second-order valence-corrected chi connectivity index (χ2v) is 3.83. The summed E-state index contributed by atoms with van der Waals surface area (Å²) >= 11 is 0. The molecule has 0 aliphatic rings. The Labute approximate surface area is 89.2 Å². The first-order chi connectivity index (χ1) is 7.16. The fourth-order valence-electron chi connectivity index (χ4n) is 1.72. The molecule has 0 unspecified atom stereocenters. The molecule has 0 radical (unpaired) electrons. The van der Waals surface area contributed by atoms with Gasteiger partial charge in [-0.25, -0.2) is 4.39 Å². The number of halogens is 1. The van der Waals surface area contributed by atoms with Crippen LogP contribution in [0.5, 0.6) is 0 Å². The van der Waals surface area contributed by atoms with Crippen LogP contribution in [0.1, 0.15) is 17.0 Å². The van der Waals surface area contributed by atoms with Crippen molar-refractivity contribution in [1.82, 2.24) is 4.57 Å². The zero-order valence-corrected chi connectivity index (χ0v) is 9.00. The molecule has 78 valence electrons. The van der Waals surface area contributed by atoms with E-state index in [1.165, 1.54) is 23.5 Å². The Morgan fingerprint density at radius 3 is 2.00 bits per heavy atom. The summed E-state index contributed by atoms with van der Waals surface area (Å²) in [4.78, 5) is 0. The zero-order chi connectivity index (χ0) is 10.8. The zero-order valence-electron chi connectivity index (χ0n) is 9.00. The van der Waals surface area contributed by atoms with Gasteiger partial charge in [0.05, 0.1) is 0 Å². The van der Waals surface area contributed by atoms with Crippen LogP contribution in [-0.2, 0) is 6.54 Å². The molecular weight excluding hydrogens is 189 g/mol. The van der Waals surface area contributed by atoms with Gasteiger partial charge in [0.1, 0.15) is 5.82 Å². The van der Waals surface area contributed by atoms with E-state index >= 15 is 0 Å². The van der Waals surface area contributed by atoms with E-state index in [-0.39, 0.29) is 5.82 Å². The summed E-state index contributed by atoms with van der Waals surface area (Å²) in [6, 6.07) is 10.9. The van der Waals surface area contributed by atoms with Crippen LogP contribution in [0.2, 0.25) is 0 Å². The van der Waals surface area contributed by atoms with Gasteiger partial charge in [0, 0.05) is 17.9 Å². The fraction of sp³-hybridized carbons (Fsp3) is 0.231. The van der Waals surface area contributed by atoms with Crippen molar-refractivity contribution >= 4 is 0 Å². The topological polar surface area (TPSA) is 4.93 Å². The van der Waals surface area contributed by atoms with Gasteiger partial charge in [0.25, 0.3) is 0 Å². The standard InChI is InChI=1S/C13H14FN/c1-10-3-4-11(2)15(10)9-12-5-7-13(14)8-6-12/h3-8H,9H2,1-2H3. The van der Waals surface area contributed by atoms with Crippen molar-refractivity contribution in [1.29, 1.82) is 0 Å². The summed E-state index contributed by atoms with van der Waals surface area (Å²) in [5.41, 5.74) is 3.59. The number of aromatic nitrogens is 1. The number of hydrogen-bond acceptors (Lipinski definition) is 0.